The van der Waals surface area contributed by atoms with Gasteiger partial charge in [0.2, 0.25) is 10.0 Å². The van der Waals surface area contributed by atoms with Crippen molar-refractivity contribution in [2.75, 3.05) is 19.7 Å². The van der Waals surface area contributed by atoms with E-state index in [4.69, 9.17) is 5.11 Å². The largest absolute Gasteiger partial charge is 0.396 e. The molecule has 126 valence electrons. The summed E-state index contributed by atoms with van der Waals surface area (Å²) in [6, 6.07) is 0.554. The molecule has 8 heteroatoms. The van der Waals surface area contributed by atoms with Crippen molar-refractivity contribution >= 4 is 10.0 Å². The Labute approximate surface area is 128 Å². The van der Waals surface area contributed by atoms with Crippen molar-refractivity contribution < 1.29 is 26.7 Å². The highest BCUT2D eigenvalue weighted by Gasteiger charge is 2.31. The van der Waals surface area contributed by atoms with Gasteiger partial charge in [0.1, 0.15) is 10.7 Å². The monoisotopic (exact) mass is 339 g/mol. The topological polar surface area (TPSA) is 57.6 Å². The average Bonchev–Trinajstić information content (AvgIpc) is 2.37. The van der Waals surface area contributed by atoms with Crippen molar-refractivity contribution in [2.45, 2.75) is 32.1 Å². The summed E-state index contributed by atoms with van der Waals surface area (Å²) in [6.45, 7) is 5.13. The number of rotatable bonds is 6. The molecule has 0 saturated heterocycles. The van der Waals surface area contributed by atoms with Crippen LogP contribution in [0.15, 0.2) is 17.0 Å². The molecule has 0 aliphatic heterocycles. The first-order valence-corrected chi connectivity index (χ1v) is 8.18. The van der Waals surface area contributed by atoms with E-state index < -0.39 is 37.8 Å². The molecule has 0 radical (unpaired) electrons. The van der Waals surface area contributed by atoms with Crippen LogP contribution in [0.25, 0.3) is 0 Å². The van der Waals surface area contributed by atoms with Crippen LogP contribution in [-0.2, 0) is 10.0 Å². The predicted molar refractivity (Wildman–Crippen MR) is 76.2 cm³/mol. The maximum absolute atomic E-state index is 13.8. The fourth-order valence-electron chi connectivity index (χ4n) is 1.90. The zero-order chi connectivity index (χ0) is 17.1. The summed E-state index contributed by atoms with van der Waals surface area (Å²) in [5, 5.41) is 8.88. The van der Waals surface area contributed by atoms with Crippen LogP contribution in [0.5, 0.6) is 0 Å². The molecular weight excluding hydrogens is 319 g/mol. The highest BCUT2D eigenvalue weighted by molar-refractivity contribution is 7.89. The number of hydrogen-bond acceptors (Lipinski definition) is 3. The van der Waals surface area contributed by atoms with Gasteiger partial charge in [0.25, 0.3) is 0 Å². The number of nitrogens with zero attached hydrogens (tertiary/aromatic N) is 1. The quantitative estimate of drug-likeness (QED) is 0.810. The summed E-state index contributed by atoms with van der Waals surface area (Å²) in [4.78, 5) is -0.909. The molecule has 0 bridgehead atoms. The molecule has 0 spiro atoms. The van der Waals surface area contributed by atoms with Gasteiger partial charge in [-0.2, -0.15) is 4.31 Å². The van der Waals surface area contributed by atoms with Crippen molar-refractivity contribution in [3.63, 3.8) is 0 Å². The van der Waals surface area contributed by atoms with Crippen LogP contribution in [0.2, 0.25) is 0 Å². The number of aliphatic hydroxyl groups excluding tert-OH is 1. The zero-order valence-corrected chi connectivity index (χ0v) is 13.6. The maximum atomic E-state index is 13.8. The van der Waals surface area contributed by atoms with Crippen LogP contribution in [-0.4, -0.2) is 37.5 Å². The Balaban J connectivity index is 3.29. The Morgan fingerprint density at radius 2 is 1.64 bits per heavy atom. The van der Waals surface area contributed by atoms with Crippen molar-refractivity contribution in [2.24, 2.45) is 5.41 Å². The van der Waals surface area contributed by atoms with E-state index in [1.807, 2.05) is 0 Å². The molecule has 0 saturated carbocycles. The van der Waals surface area contributed by atoms with Crippen molar-refractivity contribution in [3.05, 3.63) is 29.6 Å². The second-order valence-corrected chi connectivity index (χ2v) is 8.08. The van der Waals surface area contributed by atoms with Crippen LogP contribution in [0.3, 0.4) is 0 Å². The summed E-state index contributed by atoms with van der Waals surface area (Å²) < 4.78 is 66.0. The van der Waals surface area contributed by atoms with Gasteiger partial charge in [-0.05, 0) is 17.9 Å². The molecule has 0 aromatic heterocycles. The minimum atomic E-state index is -4.34. The highest BCUT2D eigenvalue weighted by atomic mass is 32.2. The predicted octanol–water partition coefficient (Wildman–Crippen LogP) is 2.52. The van der Waals surface area contributed by atoms with Crippen molar-refractivity contribution in [1.82, 2.24) is 4.31 Å². The van der Waals surface area contributed by atoms with E-state index in [1.165, 1.54) is 0 Å². The van der Waals surface area contributed by atoms with Crippen molar-refractivity contribution in [3.8, 4) is 0 Å². The first-order valence-electron chi connectivity index (χ1n) is 6.74. The Morgan fingerprint density at radius 3 is 2.14 bits per heavy atom. The number of sulfonamides is 1. The molecule has 1 aromatic rings. The summed E-state index contributed by atoms with van der Waals surface area (Å²) in [7, 11) is -4.34. The number of hydrogen-bond donors (Lipinski definition) is 1. The molecule has 0 heterocycles. The first kappa shape index (κ1) is 18.9. The molecule has 1 aromatic carbocycles. The number of halogens is 3. The Hall–Kier alpha value is -1.12. The third-order valence-corrected chi connectivity index (χ3v) is 4.67. The van der Waals surface area contributed by atoms with E-state index in [1.54, 1.807) is 20.8 Å². The highest BCUT2D eigenvalue weighted by Crippen LogP contribution is 2.25. The summed E-state index contributed by atoms with van der Waals surface area (Å²) >= 11 is 0. The molecule has 0 unspecified atom stereocenters. The first-order chi connectivity index (χ1) is 9.99. The van der Waals surface area contributed by atoms with E-state index in [9.17, 15) is 21.6 Å². The molecular formula is C14H20F3NO3S. The summed E-state index contributed by atoms with van der Waals surface area (Å²) in [5.74, 6) is -4.23. The van der Waals surface area contributed by atoms with Gasteiger partial charge in [-0.15, -0.1) is 0 Å². The van der Waals surface area contributed by atoms with Crippen LogP contribution in [0.1, 0.15) is 27.2 Å². The molecule has 0 atom stereocenters. The lowest BCUT2D eigenvalue weighted by molar-refractivity contribution is 0.240. The van der Waals surface area contributed by atoms with Gasteiger partial charge < -0.3 is 5.11 Å². The average molecular weight is 339 g/mol. The third-order valence-electron chi connectivity index (χ3n) is 2.81. The normalized spacial score (nSPS) is 12.9. The van der Waals surface area contributed by atoms with Gasteiger partial charge >= 0.3 is 0 Å². The van der Waals surface area contributed by atoms with Crippen molar-refractivity contribution in [1.29, 1.82) is 0 Å². The molecule has 4 nitrogen and oxygen atoms in total. The van der Waals surface area contributed by atoms with E-state index in [-0.39, 0.29) is 32.2 Å². The smallest absolute Gasteiger partial charge is 0.246 e. The van der Waals surface area contributed by atoms with Gasteiger partial charge in [-0.1, -0.05) is 20.8 Å². The SMILES string of the molecule is CC(C)(C)CN(CCCO)S(=O)(=O)c1cc(F)c(F)cc1F. The Bertz CT molecular complexity index is 627. The van der Waals surface area contributed by atoms with Crippen LogP contribution in [0, 0.1) is 22.9 Å². The van der Waals surface area contributed by atoms with Gasteiger partial charge in [0, 0.05) is 25.8 Å². The minimum absolute atomic E-state index is 0.0471. The fourth-order valence-corrected chi connectivity index (χ4v) is 3.66. The zero-order valence-electron chi connectivity index (χ0n) is 12.7. The van der Waals surface area contributed by atoms with E-state index in [0.29, 0.717) is 6.07 Å². The molecule has 0 amide bonds. The maximum Gasteiger partial charge on any atom is 0.246 e. The summed E-state index contributed by atoms with van der Waals surface area (Å²) in [5.41, 5.74) is -0.433. The summed E-state index contributed by atoms with van der Waals surface area (Å²) in [6.07, 6.45) is 0.153. The van der Waals surface area contributed by atoms with Gasteiger partial charge in [0.05, 0.1) is 0 Å². The van der Waals surface area contributed by atoms with Crippen LogP contribution in [0.4, 0.5) is 13.2 Å². The van der Waals surface area contributed by atoms with E-state index in [2.05, 4.69) is 0 Å². The molecule has 0 fully saturated rings. The second kappa shape index (κ2) is 6.97. The second-order valence-electron chi connectivity index (χ2n) is 6.17. The lowest BCUT2D eigenvalue weighted by Gasteiger charge is -2.29. The van der Waals surface area contributed by atoms with E-state index in [0.717, 1.165) is 4.31 Å². The molecule has 0 aliphatic carbocycles. The number of aliphatic hydroxyl groups is 1. The van der Waals surface area contributed by atoms with Crippen LogP contribution >= 0.6 is 0 Å². The lowest BCUT2D eigenvalue weighted by Crippen LogP contribution is -2.39. The Kier molecular flexibility index (Phi) is 6.00. The molecule has 22 heavy (non-hydrogen) atoms. The minimum Gasteiger partial charge on any atom is -0.396 e. The lowest BCUT2D eigenvalue weighted by atomic mass is 9.97. The van der Waals surface area contributed by atoms with Gasteiger partial charge in [0.15, 0.2) is 11.6 Å². The number of benzene rings is 1. The molecule has 1 rings (SSSR count). The molecule has 1 N–H and O–H groups in total. The van der Waals surface area contributed by atoms with Gasteiger partial charge in [-0.3, -0.25) is 0 Å². The standard InChI is InChI=1S/C14H20F3NO3S/c1-14(2,3)9-18(5-4-6-19)22(20,21)13-8-11(16)10(15)7-12(13)17/h7-8,19H,4-6,9H2,1-3H3. The van der Waals surface area contributed by atoms with E-state index >= 15 is 0 Å². The third kappa shape index (κ3) is 4.69. The van der Waals surface area contributed by atoms with Crippen LogP contribution < -0.4 is 0 Å². The molecule has 0 aliphatic rings. The fraction of sp³-hybridized carbons (Fsp3) is 0.571. The van der Waals surface area contributed by atoms with Gasteiger partial charge in [-0.25, -0.2) is 21.6 Å². The Morgan fingerprint density at radius 1 is 1.09 bits per heavy atom.